The smallest absolute Gasteiger partial charge is 0.240 e. The highest BCUT2D eigenvalue weighted by atomic mass is 32.1. The maximum absolute atomic E-state index is 12.1. The number of hydrogen-bond donors (Lipinski definition) is 1. The van der Waals surface area contributed by atoms with Gasteiger partial charge in [-0.15, -0.1) is 10.2 Å². The molecular weight excluding hydrogens is 302 g/mol. The van der Waals surface area contributed by atoms with Crippen molar-refractivity contribution in [3.05, 3.63) is 5.51 Å². The predicted octanol–water partition coefficient (Wildman–Crippen LogP) is 0.952. The Morgan fingerprint density at radius 1 is 1.32 bits per heavy atom. The van der Waals surface area contributed by atoms with Crippen LogP contribution in [0, 0.1) is 0 Å². The number of aromatic nitrogens is 2. The molecular formula is C14H21N5O2S. The molecule has 2 aliphatic rings. The van der Waals surface area contributed by atoms with Gasteiger partial charge < -0.3 is 4.90 Å². The van der Waals surface area contributed by atoms with Gasteiger partial charge >= 0.3 is 0 Å². The Bertz CT molecular complexity index is 535. The molecule has 2 amide bonds. The van der Waals surface area contributed by atoms with Gasteiger partial charge in [-0.1, -0.05) is 11.3 Å². The number of nitrogens with zero attached hydrogens (tertiary/aromatic N) is 4. The van der Waals surface area contributed by atoms with Crippen LogP contribution in [-0.4, -0.2) is 63.5 Å². The number of carbonyl (C=O) groups is 2. The number of rotatable bonds is 4. The van der Waals surface area contributed by atoms with E-state index >= 15 is 0 Å². The molecule has 2 fully saturated rings. The van der Waals surface area contributed by atoms with Gasteiger partial charge in [0, 0.05) is 25.6 Å². The molecule has 7 nitrogen and oxygen atoms in total. The lowest BCUT2D eigenvalue weighted by atomic mass is 10.0. The SMILES string of the molecule is CC(=O)N1CCC[C@H]1[C@H]1CCCN1CC(=O)Nc1nncs1. The third-order valence-corrected chi connectivity index (χ3v) is 5.12. The van der Waals surface area contributed by atoms with E-state index in [2.05, 4.69) is 20.4 Å². The third kappa shape index (κ3) is 3.27. The fourth-order valence-electron chi connectivity index (χ4n) is 3.64. The first-order valence-electron chi connectivity index (χ1n) is 7.72. The van der Waals surface area contributed by atoms with E-state index in [-0.39, 0.29) is 17.9 Å². The van der Waals surface area contributed by atoms with E-state index in [1.807, 2.05) is 4.90 Å². The van der Waals surface area contributed by atoms with E-state index in [9.17, 15) is 9.59 Å². The predicted molar refractivity (Wildman–Crippen MR) is 83.5 cm³/mol. The van der Waals surface area contributed by atoms with Crippen LogP contribution in [0.2, 0.25) is 0 Å². The van der Waals surface area contributed by atoms with Crippen molar-refractivity contribution in [3.63, 3.8) is 0 Å². The van der Waals surface area contributed by atoms with Crippen LogP contribution >= 0.6 is 11.3 Å². The van der Waals surface area contributed by atoms with Crippen LogP contribution in [0.5, 0.6) is 0 Å². The molecule has 0 unspecified atom stereocenters. The van der Waals surface area contributed by atoms with Gasteiger partial charge in [-0.25, -0.2) is 0 Å². The van der Waals surface area contributed by atoms with Crippen molar-refractivity contribution < 1.29 is 9.59 Å². The molecule has 1 aromatic heterocycles. The Hall–Kier alpha value is -1.54. The van der Waals surface area contributed by atoms with E-state index in [0.29, 0.717) is 17.7 Å². The fraction of sp³-hybridized carbons (Fsp3) is 0.714. The second-order valence-electron chi connectivity index (χ2n) is 5.89. The van der Waals surface area contributed by atoms with Crippen molar-refractivity contribution in [3.8, 4) is 0 Å². The van der Waals surface area contributed by atoms with Gasteiger partial charge in [-0.2, -0.15) is 0 Å². The van der Waals surface area contributed by atoms with Crippen LogP contribution in [0.4, 0.5) is 5.13 Å². The van der Waals surface area contributed by atoms with Gasteiger partial charge in [0.05, 0.1) is 6.54 Å². The number of likely N-dealkylation sites (tertiary alicyclic amines) is 2. The summed E-state index contributed by atoms with van der Waals surface area (Å²) in [6.45, 7) is 3.75. The summed E-state index contributed by atoms with van der Waals surface area (Å²) in [6, 6.07) is 0.556. The maximum atomic E-state index is 12.1. The zero-order valence-electron chi connectivity index (χ0n) is 12.7. The summed E-state index contributed by atoms with van der Waals surface area (Å²) in [5, 5.41) is 10.8. The van der Waals surface area contributed by atoms with Crippen molar-refractivity contribution in [2.75, 3.05) is 25.0 Å². The molecule has 2 aliphatic heterocycles. The molecule has 3 heterocycles. The van der Waals surface area contributed by atoms with Gasteiger partial charge in [0.25, 0.3) is 0 Å². The van der Waals surface area contributed by atoms with Crippen molar-refractivity contribution in [2.24, 2.45) is 0 Å². The Morgan fingerprint density at radius 3 is 2.82 bits per heavy atom. The highest BCUT2D eigenvalue weighted by molar-refractivity contribution is 7.13. The van der Waals surface area contributed by atoms with Crippen molar-refractivity contribution in [1.29, 1.82) is 0 Å². The molecule has 22 heavy (non-hydrogen) atoms. The van der Waals surface area contributed by atoms with Gasteiger partial charge in [-0.05, 0) is 32.2 Å². The van der Waals surface area contributed by atoms with Crippen LogP contribution in [0.3, 0.4) is 0 Å². The number of hydrogen-bond acceptors (Lipinski definition) is 6. The molecule has 2 saturated heterocycles. The summed E-state index contributed by atoms with van der Waals surface area (Å²) in [5.74, 6) is 0.0867. The first kappa shape index (κ1) is 15.4. The minimum Gasteiger partial charge on any atom is -0.338 e. The molecule has 1 N–H and O–H groups in total. The lowest BCUT2D eigenvalue weighted by Gasteiger charge is -2.34. The van der Waals surface area contributed by atoms with Gasteiger partial charge in [0.2, 0.25) is 16.9 Å². The molecule has 0 radical (unpaired) electrons. The van der Waals surface area contributed by atoms with Gasteiger partial charge in [-0.3, -0.25) is 19.8 Å². The largest absolute Gasteiger partial charge is 0.338 e. The number of anilines is 1. The van der Waals surface area contributed by atoms with Crippen LogP contribution in [-0.2, 0) is 9.59 Å². The van der Waals surface area contributed by atoms with E-state index in [0.717, 1.165) is 38.8 Å². The molecule has 0 spiro atoms. The summed E-state index contributed by atoms with van der Waals surface area (Å²) in [4.78, 5) is 28.1. The van der Waals surface area contributed by atoms with Crippen molar-refractivity contribution in [2.45, 2.75) is 44.7 Å². The summed E-state index contributed by atoms with van der Waals surface area (Å²) in [5.41, 5.74) is 1.59. The van der Waals surface area contributed by atoms with Crippen LogP contribution in [0.25, 0.3) is 0 Å². The quantitative estimate of drug-likeness (QED) is 0.892. The van der Waals surface area contributed by atoms with Gasteiger partial charge in [0.15, 0.2) is 0 Å². The Labute approximate surface area is 133 Å². The highest BCUT2D eigenvalue weighted by Gasteiger charge is 2.39. The Balaban J connectivity index is 1.60. The minimum atomic E-state index is -0.0592. The summed E-state index contributed by atoms with van der Waals surface area (Å²) in [6.07, 6.45) is 4.24. The average molecular weight is 323 g/mol. The third-order valence-electron chi connectivity index (χ3n) is 4.52. The topological polar surface area (TPSA) is 78.4 Å². The lowest BCUT2D eigenvalue weighted by molar-refractivity contribution is -0.130. The molecule has 0 bridgehead atoms. The molecule has 2 atom stereocenters. The van der Waals surface area contributed by atoms with E-state index < -0.39 is 0 Å². The highest BCUT2D eigenvalue weighted by Crippen LogP contribution is 2.29. The Kier molecular flexibility index (Phi) is 4.68. The number of carbonyl (C=O) groups excluding carboxylic acids is 2. The average Bonchev–Trinajstić information content (AvgIpc) is 3.17. The standard InChI is InChI=1S/C14H21N5O2S/c1-10(20)19-7-3-5-12(19)11-4-2-6-18(11)8-13(21)16-14-17-15-9-22-14/h9,11-12H,2-8H2,1H3,(H,16,17,21)/t11-,12+/m1/s1. The minimum absolute atomic E-state index is 0.0592. The fourth-order valence-corrected chi connectivity index (χ4v) is 4.10. The monoisotopic (exact) mass is 323 g/mol. The van der Waals surface area contributed by atoms with Crippen molar-refractivity contribution in [1.82, 2.24) is 20.0 Å². The van der Waals surface area contributed by atoms with Crippen molar-refractivity contribution >= 4 is 28.3 Å². The first-order chi connectivity index (χ1) is 10.6. The first-order valence-corrected chi connectivity index (χ1v) is 8.60. The summed E-state index contributed by atoms with van der Waals surface area (Å²) in [7, 11) is 0. The van der Waals surface area contributed by atoms with E-state index in [1.54, 1.807) is 12.4 Å². The number of amides is 2. The normalized spacial score (nSPS) is 25.6. The maximum Gasteiger partial charge on any atom is 0.240 e. The van der Waals surface area contributed by atoms with Crippen LogP contribution in [0.1, 0.15) is 32.6 Å². The lowest BCUT2D eigenvalue weighted by Crippen LogP contribution is -2.49. The second kappa shape index (κ2) is 6.70. The zero-order valence-corrected chi connectivity index (χ0v) is 13.5. The Morgan fingerprint density at radius 2 is 2.09 bits per heavy atom. The number of nitrogens with one attached hydrogen (secondary N) is 1. The van der Waals surface area contributed by atoms with E-state index in [1.165, 1.54) is 11.3 Å². The molecule has 3 rings (SSSR count). The summed E-state index contributed by atoms with van der Waals surface area (Å²) < 4.78 is 0. The molecule has 8 heteroatoms. The molecule has 0 saturated carbocycles. The van der Waals surface area contributed by atoms with Gasteiger partial charge in [0.1, 0.15) is 5.51 Å². The zero-order chi connectivity index (χ0) is 15.5. The molecule has 0 aliphatic carbocycles. The molecule has 1 aromatic rings. The summed E-state index contributed by atoms with van der Waals surface area (Å²) >= 11 is 1.31. The molecule has 120 valence electrons. The van der Waals surface area contributed by atoms with Crippen LogP contribution in [0.15, 0.2) is 5.51 Å². The van der Waals surface area contributed by atoms with Crippen LogP contribution < -0.4 is 5.32 Å². The van der Waals surface area contributed by atoms with E-state index in [4.69, 9.17) is 0 Å². The molecule has 0 aromatic carbocycles. The second-order valence-corrected chi connectivity index (χ2v) is 6.73.